The molecule has 0 saturated carbocycles. The normalized spacial score (nSPS) is 13.8. The van der Waals surface area contributed by atoms with Gasteiger partial charge in [-0.05, 0) is 45.0 Å². The van der Waals surface area contributed by atoms with Crippen LogP contribution in [0, 0.1) is 11.8 Å². The van der Waals surface area contributed by atoms with Crippen molar-refractivity contribution in [2.45, 2.75) is 39.0 Å². The van der Waals surface area contributed by atoms with Gasteiger partial charge in [-0.3, -0.25) is 14.8 Å². The lowest BCUT2D eigenvalue weighted by molar-refractivity contribution is -0.131. The van der Waals surface area contributed by atoms with E-state index in [1.165, 1.54) is 5.48 Å². The summed E-state index contributed by atoms with van der Waals surface area (Å²) in [5, 5.41) is 11.1. The SMILES string of the molecule is CC#CC(C)Oc1ccc(C(=O)N[C@H](C(=O)NO)[C@@H](C)N)cc1. The maximum atomic E-state index is 12.1. The van der Waals surface area contributed by atoms with Crippen LogP contribution in [0.15, 0.2) is 24.3 Å². The standard InChI is InChI=1S/C16H21N3O4/c1-4-5-10(2)23-13-8-6-12(7-9-13)15(20)18-14(11(3)17)16(21)19-22/h6-11,14,22H,17H2,1-3H3,(H,18,20)(H,19,21)/t10?,11-,14+/m1/s1. The van der Waals surface area contributed by atoms with Crippen LogP contribution in [0.4, 0.5) is 0 Å². The number of nitrogens with two attached hydrogens (primary N) is 1. The van der Waals surface area contributed by atoms with E-state index in [0.717, 1.165) is 0 Å². The van der Waals surface area contributed by atoms with Crippen LogP contribution >= 0.6 is 0 Å². The number of hydrogen-bond donors (Lipinski definition) is 4. The average Bonchev–Trinajstić information content (AvgIpc) is 2.52. The molecule has 0 aliphatic rings. The van der Waals surface area contributed by atoms with Crippen LogP contribution in [-0.4, -0.2) is 35.2 Å². The fourth-order valence-corrected chi connectivity index (χ4v) is 1.85. The minimum Gasteiger partial charge on any atom is -0.478 e. The minimum absolute atomic E-state index is 0.254. The van der Waals surface area contributed by atoms with Crippen molar-refractivity contribution in [2.75, 3.05) is 0 Å². The summed E-state index contributed by atoms with van der Waals surface area (Å²) in [6.45, 7) is 5.09. The summed E-state index contributed by atoms with van der Waals surface area (Å²) < 4.78 is 5.54. The van der Waals surface area contributed by atoms with E-state index in [2.05, 4.69) is 17.2 Å². The zero-order valence-electron chi connectivity index (χ0n) is 13.3. The molecule has 1 rings (SSSR count). The monoisotopic (exact) mass is 319 g/mol. The minimum atomic E-state index is -1.04. The highest BCUT2D eigenvalue weighted by molar-refractivity contribution is 5.97. The zero-order chi connectivity index (χ0) is 17.4. The number of hydrogen-bond acceptors (Lipinski definition) is 5. The lowest BCUT2D eigenvalue weighted by Gasteiger charge is -2.20. The molecular formula is C16H21N3O4. The van der Waals surface area contributed by atoms with Crippen molar-refractivity contribution in [1.82, 2.24) is 10.8 Å². The topological polar surface area (TPSA) is 114 Å². The highest BCUT2D eigenvalue weighted by atomic mass is 16.5. The maximum absolute atomic E-state index is 12.1. The van der Waals surface area contributed by atoms with Crippen molar-refractivity contribution < 1.29 is 19.5 Å². The number of nitrogens with one attached hydrogen (secondary N) is 2. The molecule has 0 aromatic heterocycles. The van der Waals surface area contributed by atoms with Gasteiger partial charge in [-0.15, -0.1) is 5.92 Å². The Balaban J connectivity index is 2.76. The number of benzene rings is 1. The second-order valence-electron chi connectivity index (χ2n) is 4.97. The molecule has 0 radical (unpaired) electrons. The van der Waals surface area contributed by atoms with E-state index >= 15 is 0 Å². The lowest BCUT2D eigenvalue weighted by atomic mass is 10.1. The molecule has 7 nitrogen and oxygen atoms in total. The third-order valence-electron chi connectivity index (χ3n) is 2.98. The van der Waals surface area contributed by atoms with Crippen molar-refractivity contribution in [2.24, 2.45) is 5.73 Å². The van der Waals surface area contributed by atoms with Crippen LogP contribution in [0.3, 0.4) is 0 Å². The smallest absolute Gasteiger partial charge is 0.267 e. The van der Waals surface area contributed by atoms with Gasteiger partial charge in [0.2, 0.25) is 0 Å². The van der Waals surface area contributed by atoms with Crippen LogP contribution in [0.1, 0.15) is 31.1 Å². The first-order valence-electron chi connectivity index (χ1n) is 7.08. The molecule has 0 bridgehead atoms. The summed E-state index contributed by atoms with van der Waals surface area (Å²) in [4.78, 5) is 23.6. The zero-order valence-corrected chi connectivity index (χ0v) is 13.3. The summed E-state index contributed by atoms with van der Waals surface area (Å²) in [7, 11) is 0. The molecule has 2 amide bonds. The summed E-state index contributed by atoms with van der Waals surface area (Å²) >= 11 is 0. The highest BCUT2D eigenvalue weighted by Crippen LogP contribution is 2.14. The van der Waals surface area contributed by atoms with Crippen molar-refractivity contribution in [3.8, 4) is 17.6 Å². The largest absolute Gasteiger partial charge is 0.478 e. The summed E-state index contributed by atoms with van der Waals surface area (Å²) in [6, 6.07) is 4.69. The molecule has 3 atom stereocenters. The predicted molar refractivity (Wildman–Crippen MR) is 84.8 cm³/mol. The molecule has 1 aromatic carbocycles. The van der Waals surface area contributed by atoms with Gasteiger partial charge >= 0.3 is 0 Å². The number of hydroxylamine groups is 1. The maximum Gasteiger partial charge on any atom is 0.267 e. The number of amides is 2. The van der Waals surface area contributed by atoms with E-state index in [1.807, 2.05) is 6.92 Å². The Morgan fingerprint density at radius 3 is 2.35 bits per heavy atom. The van der Waals surface area contributed by atoms with Gasteiger partial charge in [0.15, 0.2) is 6.10 Å². The number of ether oxygens (including phenoxy) is 1. The quantitative estimate of drug-likeness (QED) is 0.345. The van der Waals surface area contributed by atoms with E-state index in [9.17, 15) is 9.59 Å². The third kappa shape index (κ3) is 5.62. The van der Waals surface area contributed by atoms with Crippen molar-refractivity contribution in [1.29, 1.82) is 0 Å². The third-order valence-corrected chi connectivity index (χ3v) is 2.98. The summed E-state index contributed by atoms with van der Waals surface area (Å²) in [5.74, 6) is 4.93. The molecule has 0 heterocycles. The Hall–Kier alpha value is -2.56. The van der Waals surface area contributed by atoms with Gasteiger partial charge < -0.3 is 15.8 Å². The lowest BCUT2D eigenvalue weighted by Crippen LogP contribution is -2.54. The van der Waals surface area contributed by atoms with Crippen LogP contribution < -0.4 is 21.3 Å². The van der Waals surface area contributed by atoms with Crippen LogP contribution in [-0.2, 0) is 4.79 Å². The second kappa shape index (κ2) is 8.78. The van der Waals surface area contributed by atoms with Crippen molar-refractivity contribution in [3.05, 3.63) is 29.8 Å². The Bertz CT molecular complexity index is 602. The first-order chi connectivity index (χ1) is 10.9. The van der Waals surface area contributed by atoms with E-state index in [4.69, 9.17) is 15.7 Å². The number of carbonyl (C=O) groups is 2. The molecule has 1 aromatic rings. The Morgan fingerprint density at radius 2 is 1.87 bits per heavy atom. The van der Waals surface area contributed by atoms with E-state index in [-0.39, 0.29) is 6.10 Å². The first kappa shape index (κ1) is 18.5. The van der Waals surface area contributed by atoms with Crippen LogP contribution in [0.25, 0.3) is 0 Å². The molecule has 1 unspecified atom stereocenters. The van der Waals surface area contributed by atoms with E-state index in [0.29, 0.717) is 11.3 Å². The first-order valence-corrected chi connectivity index (χ1v) is 7.08. The molecule has 0 spiro atoms. The van der Waals surface area contributed by atoms with Gasteiger partial charge in [-0.1, -0.05) is 5.92 Å². The molecule has 0 aliphatic heterocycles. The molecule has 7 heteroatoms. The second-order valence-corrected chi connectivity index (χ2v) is 4.97. The van der Waals surface area contributed by atoms with Gasteiger partial charge in [0.1, 0.15) is 11.8 Å². The van der Waals surface area contributed by atoms with Gasteiger partial charge in [-0.2, -0.15) is 0 Å². The van der Waals surface area contributed by atoms with Crippen molar-refractivity contribution in [3.63, 3.8) is 0 Å². The molecule has 0 aliphatic carbocycles. The summed E-state index contributed by atoms with van der Waals surface area (Å²) in [6.07, 6.45) is -0.254. The Kier molecular flexibility index (Phi) is 7.06. The van der Waals surface area contributed by atoms with Gasteiger partial charge in [0, 0.05) is 11.6 Å². The van der Waals surface area contributed by atoms with Crippen LogP contribution in [0.2, 0.25) is 0 Å². The molecule has 124 valence electrons. The average molecular weight is 319 g/mol. The molecule has 0 fully saturated rings. The molecule has 23 heavy (non-hydrogen) atoms. The Labute approximate surface area is 135 Å². The Morgan fingerprint density at radius 1 is 1.26 bits per heavy atom. The number of carbonyl (C=O) groups excluding carboxylic acids is 2. The molecular weight excluding hydrogens is 298 g/mol. The van der Waals surface area contributed by atoms with E-state index < -0.39 is 23.9 Å². The van der Waals surface area contributed by atoms with Crippen LogP contribution in [0.5, 0.6) is 5.75 Å². The van der Waals surface area contributed by atoms with Gasteiger partial charge in [0.25, 0.3) is 11.8 Å². The predicted octanol–water partition coefficient (Wildman–Crippen LogP) is 0.428. The van der Waals surface area contributed by atoms with Crippen molar-refractivity contribution >= 4 is 11.8 Å². The molecule has 5 N–H and O–H groups in total. The fraction of sp³-hybridized carbons (Fsp3) is 0.375. The van der Waals surface area contributed by atoms with Gasteiger partial charge in [0.05, 0.1) is 0 Å². The summed E-state index contributed by atoms with van der Waals surface area (Å²) in [5.41, 5.74) is 7.44. The highest BCUT2D eigenvalue weighted by Gasteiger charge is 2.24. The van der Waals surface area contributed by atoms with Gasteiger partial charge in [-0.25, -0.2) is 5.48 Å². The van der Waals surface area contributed by atoms with E-state index in [1.54, 1.807) is 38.1 Å². The fourth-order valence-electron chi connectivity index (χ4n) is 1.85. The molecule has 0 saturated heterocycles. The number of rotatable bonds is 6.